The van der Waals surface area contributed by atoms with Gasteiger partial charge in [0.25, 0.3) is 0 Å². The van der Waals surface area contributed by atoms with Crippen LogP contribution in [-0.2, 0) is 23.9 Å². The van der Waals surface area contributed by atoms with Gasteiger partial charge in [-0.2, -0.15) is 11.8 Å². The zero-order valence-electron chi connectivity index (χ0n) is 36.4. The fraction of sp³-hybridized carbons (Fsp3) is 0.875. The number of likely N-dealkylation sites (N-methyl/N-ethyl adjacent to an activating group) is 1. The number of rotatable bonds is 22. The number of esters is 1. The number of amides is 4. The van der Waals surface area contributed by atoms with Crippen LogP contribution in [0.1, 0.15) is 70.6 Å². The first-order valence-electron chi connectivity index (χ1n) is 22.1. The summed E-state index contributed by atoms with van der Waals surface area (Å²) < 4.78 is 5.25. The molecule has 0 aromatic rings. The number of thioether (sulfide) groups is 1. The van der Waals surface area contributed by atoms with Gasteiger partial charge in [0, 0.05) is 95.3 Å². The number of ether oxygens (including phenoxy) is 1. The summed E-state index contributed by atoms with van der Waals surface area (Å²) >= 11 is 1.83. The van der Waals surface area contributed by atoms with Crippen LogP contribution >= 0.6 is 11.8 Å². The third-order valence-electron chi connectivity index (χ3n) is 12.5. The van der Waals surface area contributed by atoms with Crippen molar-refractivity contribution in [3.63, 3.8) is 0 Å². The predicted molar refractivity (Wildman–Crippen MR) is 229 cm³/mol. The number of fused-ring (bicyclic) bond motifs is 1. The number of aliphatic hydroxyl groups is 5. The maximum absolute atomic E-state index is 12.8. The average Bonchev–Trinajstić information content (AvgIpc) is 3.78. The predicted octanol–water partition coefficient (Wildman–Crippen LogP) is -2.65. The highest BCUT2D eigenvalue weighted by atomic mass is 32.2. The molecule has 10 N–H and O–H groups in total. The fourth-order valence-corrected chi connectivity index (χ4v) is 10.3. The summed E-state index contributed by atoms with van der Waals surface area (Å²) in [5.41, 5.74) is 0. The molecule has 5 atom stereocenters. The molecule has 3 saturated heterocycles. The quantitative estimate of drug-likeness (QED) is 0.0230. The largest absolute Gasteiger partial charge is 0.480 e. The highest BCUT2D eigenvalue weighted by Gasteiger charge is 2.42. The number of nitrogens with one attached hydrogen (secondary N) is 4. The maximum Gasteiger partial charge on any atom is 0.317 e. The Morgan fingerprint density at radius 3 is 2.32 bits per heavy atom. The van der Waals surface area contributed by atoms with Crippen molar-refractivity contribution in [1.29, 1.82) is 0 Å². The lowest BCUT2D eigenvalue weighted by Crippen LogP contribution is -2.52. The number of nitrogens with zero attached hydrogens (tertiary/aromatic N) is 5. The zero-order chi connectivity index (χ0) is 45.2. The highest BCUT2D eigenvalue weighted by molar-refractivity contribution is 8.00. The summed E-state index contributed by atoms with van der Waals surface area (Å²) in [4.78, 5) is 70.8. The minimum absolute atomic E-state index is 0.000518. The summed E-state index contributed by atoms with van der Waals surface area (Å²) in [7, 11) is 3.55. The second kappa shape index (κ2) is 26.8. The third kappa shape index (κ3) is 18.3. The summed E-state index contributed by atoms with van der Waals surface area (Å²) in [6.45, 7) is 3.20. The number of aliphatic hydroxyl groups excluding tert-OH is 3. The van der Waals surface area contributed by atoms with Gasteiger partial charge in [-0.05, 0) is 57.9 Å². The van der Waals surface area contributed by atoms with Crippen LogP contribution < -0.4 is 21.3 Å². The first kappa shape index (κ1) is 51.7. The molecule has 1 saturated carbocycles. The van der Waals surface area contributed by atoms with E-state index in [2.05, 4.69) is 26.2 Å². The van der Waals surface area contributed by atoms with Crippen LogP contribution in [-0.4, -0.2) is 232 Å². The number of hydrogen-bond acceptors (Lipinski definition) is 17. The molecule has 3 aliphatic heterocycles. The summed E-state index contributed by atoms with van der Waals surface area (Å²) in [6, 6.07) is -1.14. The number of β-amino-alcohol motifs (C(OH)–C–C–N with tert-alkyl or cyclic N) is 2. The molecular weight excluding hydrogens is 831 g/mol. The average molecular weight is 904 g/mol. The van der Waals surface area contributed by atoms with Gasteiger partial charge in [0.2, 0.25) is 11.8 Å². The van der Waals surface area contributed by atoms with E-state index in [0.717, 1.165) is 50.7 Å². The number of carboxylic acids is 1. The lowest BCUT2D eigenvalue weighted by molar-refractivity contribution is -0.150. The normalized spacial score (nSPS) is 26.6. The Hall–Kier alpha value is -2.90. The van der Waals surface area contributed by atoms with Crippen LogP contribution in [0.5, 0.6) is 0 Å². The molecule has 4 amide bonds. The summed E-state index contributed by atoms with van der Waals surface area (Å²) in [6.07, 6.45) is 2.84. The fourth-order valence-electron chi connectivity index (χ4n) is 8.71. The van der Waals surface area contributed by atoms with Crippen LogP contribution in [0.4, 0.5) is 4.79 Å². The molecule has 0 radical (unpaired) electrons. The van der Waals surface area contributed by atoms with E-state index in [4.69, 9.17) is 4.74 Å². The Balaban J connectivity index is 1.14. The monoisotopic (exact) mass is 904 g/mol. The van der Waals surface area contributed by atoms with Crippen LogP contribution in [0.25, 0.3) is 0 Å². The van der Waals surface area contributed by atoms with E-state index in [0.29, 0.717) is 63.9 Å². The van der Waals surface area contributed by atoms with Gasteiger partial charge in [0.1, 0.15) is 6.61 Å². The number of carbonyl (C=O) groups excluding carboxylic acids is 4. The van der Waals surface area contributed by atoms with Crippen LogP contribution in [0, 0.1) is 5.92 Å². The highest BCUT2D eigenvalue weighted by Crippen LogP contribution is 2.33. The van der Waals surface area contributed by atoms with Gasteiger partial charge in [0.05, 0.1) is 44.5 Å². The second-order valence-corrected chi connectivity index (χ2v) is 18.6. The minimum Gasteiger partial charge on any atom is -0.480 e. The number of unbranched alkanes of at least 4 members (excludes halogenated alkanes) is 1. The van der Waals surface area contributed by atoms with Gasteiger partial charge < -0.3 is 61.1 Å². The summed E-state index contributed by atoms with van der Waals surface area (Å²) in [5.74, 6) is -0.869. The van der Waals surface area contributed by atoms with Crippen molar-refractivity contribution in [2.24, 2.45) is 5.92 Å². The van der Waals surface area contributed by atoms with Gasteiger partial charge in [-0.1, -0.05) is 6.42 Å². The molecule has 22 heteroatoms. The first-order chi connectivity index (χ1) is 29.6. The van der Waals surface area contributed by atoms with Gasteiger partial charge in [-0.25, -0.2) is 4.79 Å². The summed E-state index contributed by atoms with van der Waals surface area (Å²) in [5, 5.41) is 71.2. The number of aliphatic carboxylic acids is 1. The molecule has 4 aliphatic rings. The lowest BCUT2D eigenvalue weighted by Gasteiger charge is -2.39. The van der Waals surface area contributed by atoms with Crippen LogP contribution in [0.2, 0.25) is 0 Å². The Bertz CT molecular complexity index is 1410. The van der Waals surface area contributed by atoms with Crippen LogP contribution in [0.15, 0.2) is 0 Å². The number of carbonyl (C=O) groups is 5. The Morgan fingerprint density at radius 2 is 1.65 bits per heavy atom. The molecule has 0 aromatic heterocycles. The van der Waals surface area contributed by atoms with Crippen molar-refractivity contribution in [3.8, 4) is 0 Å². The van der Waals surface area contributed by atoms with Crippen molar-refractivity contribution in [1.82, 2.24) is 45.8 Å². The molecule has 1 aliphatic carbocycles. The molecule has 3 heterocycles. The molecule has 0 spiro atoms. The van der Waals surface area contributed by atoms with E-state index in [1.54, 1.807) is 7.05 Å². The van der Waals surface area contributed by atoms with E-state index in [1.165, 1.54) is 4.90 Å². The molecule has 21 nitrogen and oxygen atoms in total. The van der Waals surface area contributed by atoms with Gasteiger partial charge >= 0.3 is 18.0 Å². The first-order valence-corrected chi connectivity index (χ1v) is 23.2. The third-order valence-corrected chi connectivity index (χ3v) is 14.0. The van der Waals surface area contributed by atoms with Crippen molar-refractivity contribution in [2.45, 2.75) is 119 Å². The number of hydrogen-bond donors (Lipinski definition) is 10. The molecule has 5 unspecified atom stereocenters. The van der Waals surface area contributed by atoms with Crippen LogP contribution in [0.3, 0.4) is 0 Å². The smallest absolute Gasteiger partial charge is 0.317 e. The van der Waals surface area contributed by atoms with Gasteiger partial charge in [-0.3, -0.25) is 39.2 Å². The lowest BCUT2D eigenvalue weighted by atomic mass is 9.82. The molecule has 0 bridgehead atoms. The van der Waals surface area contributed by atoms with Crippen molar-refractivity contribution >= 4 is 41.5 Å². The number of carboxylic acid groups (broad SMARTS) is 1. The van der Waals surface area contributed by atoms with Gasteiger partial charge in [-0.15, -0.1) is 0 Å². The Labute approximate surface area is 369 Å². The number of urea groups is 1. The minimum atomic E-state index is -1.87. The molecular formula is C40H73N9O12S. The van der Waals surface area contributed by atoms with E-state index in [9.17, 15) is 54.6 Å². The van der Waals surface area contributed by atoms with E-state index in [-0.39, 0.29) is 93.9 Å². The standard InChI is InChI=1S/C40H73N9O12S/c1-45-13-15-47(21-35(53)54)17-18-49(26-50)29(20-48(16-14-45)22-36(55)56)19-27-7-9-28(10-8-27)42-33(51)11-12-37(57)61-23-30(39(58)59)41-25-46(2)34(52)6-4-3-5-32-38-31(24-62-32)43-40(60)44-38/h27-32,35,38-39,41,50,53-54,58-59H,3-26H2,1-2H3,(H,42,51)(H,55,56)(H2,43,44,60). The molecule has 4 fully saturated rings. The van der Waals surface area contributed by atoms with Crippen molar-refractivity contribution in [2.75, 3.05) is 98.8 Å². The topological polar surface area (TPSA) is 280 Å². The van der Waals surface area contributed by atoms with Gasteiger partial charge in [0.15, 0.2) is 12.6 Å². The van der Waals surface area contributed by atoms with E-state index < -0.39 is 30.6 Å². The van der Waals surface area contributed by atoms with Crippen molar-refractivity contribution < 1.29 is 59.3 Å². The molecule has 62 heavy (non-hydrogen) atoms. The molecule has 4 rings (SSSR count). The van der Waals surface area contributed by atoms with Crippen molar-refractivity contribution in [3.05, 3.63) is 0 Å². The maximum atomic E-state index is 12.8. The Kier molecular flexibility index (Phi) is 22.3. The molecule has 0 aromatic carbocycles. The second-order valence-electron chi connectivity index (χ2n) is 17.4. The zero-order valence-corrected chi connectivity index (χ0v) is 37.3. The van der Waals surface area contributed by atoms with E-state index >= 15 is 0 Å². The SMILES string of the molecule is CN1CCN(CC(O)O)CCN(CO)C(CC2CCC(NC(=O)CCC(=O)OCC(NCN(C)C(=O)CCCCC3SCC4NC(=O)NC43)C(O)O)CC2)CN(CC(=O)O)CC1. The Morgan fingerprint density at radius 1 is 0.935 bits per heavy atom. The molecule has 356 valence electrons. The van der Waals surface area contributed by atoms with E-state index in [1.807, 2.05) is 33.5 Å².